The fraction of sp³-hybridized carbons (Fsp3) is 0.136. The van der Waals surface area contributed by atoms with Crippen LogP contribution in [-0.4, -0.2) is 11.9 Å². The van der Waals surface area contributed by atoms with Crippen LogP contribution in [0.4, 0.5) is 8.78 Å². The van der Waals surface area contributed by atoms with E-state index in [4.69, 9.17) is 0 Å². The van der Waals surface area contributed by atoms with Crippen LogP contribution in [0.5, 0.6) is 0 Å². The molecule has 0 aliphatic heterocycles. The quantitative estimate of drug-likeness (QED) is 0.695. The van der Waals surface area contributed by atoms with E-state index in [-0.39, 0.29) is 17.5 Å². The van der Waals surface area contributed by atoms with E-state index in [0.29, 0.717) is 0 Å². The Morgan fingerprint density at radius 2 is 1.35 bits per heavy atom. The van der Waals surface area contributed by atoms with E-state index >= 15 is 0 Å². The lowest BCUT2D eigenvalue weighted by atomic mass is 9.85. The average molecular weight is 351 g/mol. The second kappa shape index (κ2) is 7.91. The van der Waals surface area contributed by atoms with Crippen LogP contribution < -0.4 is 5.32 Å². The van der Waals surface area contributed by atoms with Gasteiger partial charge < -0.3 is 5.32 Å². The van der Waals surface area contributed by atoms with Gasteiger partial charge in [0, 0.05) is 12.0 Å². The molecule has 3 aromatic rings. The maximum atomic E-state index is 13.9. The maximum absolute atomic E-state index is 13.9. The molecule has 0 saturated carbocycles. The molecule has 4 heteroatoms. The molecule has 0 fully saturated rings. The number of rotatable bonds is 5. The van der Waals surface area contributed by atoms with Crippen LogP contribution in [0.15, 0.2) is 78.9 Å². The van der Waals surface area contributed by atoms with Gasteiger partial charge in [0.25, 0.3) is 5.91 Å². The smallest absolute Gasteiger partial charge is 0.254 e. The number of hydrogen-bond donors (Lipinski definition) is 1. The lowest BCUT2D eigenvalue weighted by molar-refractivity contribution is 0.0932. The Labute approximate surface area is 151 Å². The molecule has 0 aliphatic rings. The highest BCUT2D eigenvalue weighted by Gasteiger charge is 2.24. The highest BCUT2D eigenvalue weighted by atomic mass is 19.2. The van der Waals surface area contributed by atoms with E-state index in [1.165, 1.54) is 12.1 Å². The molecule has 0 aromatic heterocycles. The molecular formula is C22H19F2NO. The van der Waals surface area contributed by atoms with Crippen LogP contribution in [-0.2, 0) is 0 Å². The Bertz CT molecular complexity index is 842. The molecule has 1 amide bonds. The summed E-state index contributed by atoms with van der Waals surface area (Å²) in [5.41, 5.74) is 1.77. The van der Waals surface area contributed by atoms with Crippen LogP contribution in [0.2, 0.25) is 0 Å². The van der Waals surface area contributed by atoms with Crippen molar-refractivity contribution in [1.29, 1.82) is 0 Å². The third kappa shape index (κ3) is 3.80. The molecule has 1 atom stereocenters. The van der Waals surface area contributed by atoms with Crippen molar-refractivity contribution in [2.75, 3.05) is 0 Å². The Morgan fingerprint density at radius 1 is 0.808 bits per heavy atom. The Balaban J connectivity index is 1.90. The van der Waals surface area contributed by atoms with Crippen LogP contribution in [0.1, 0.15) is 34.3 Å². The van der Waals surface area contributed by atoms with Gasteiger partial charge in [0.05, 0.1) is 5.56 Å². The van der Waals surface area contributed by atoms with Crippen molar-refractivity contribution in [3.05, 3.63) is 107 Å². The van der Waals surface area contributed by atoms with Gasteiger partial charge in [-0.05, 0) is 30.2 Å². The zero-order chi connectivity index (χ0) is 18.5. The minimum Gasteiger partial charge on any atom is -0.349 e. The minimum atomic E-state index is -1.13. The van der Waals surface area contributed by atoms with Gasteiger partial charge in [0.2, 0.25) is 0 Å². The van der Waals surface area contributed by atoms with Crippen LogP contribution >= 0.6 is 0 Å². The molecule has 2 nitrogen and oxygen atoms in total. The first-order chi connectivity index (χ1) is 12.6. The van der Waals surface area contributed by atoms with Crippen molar-refractivity contribution in [3.8, 4) is 0 Å². The molecule has 1 N–H and O–H groups in total. The van der Waals surface area contributed by atoms with Crippen LogP contribution in [0.3, 0.4) is 0 Å². The van der Waals surface area contributed by atoms with Crippen molar-refractivity contribution >= 4 is 5.91 Å². The van der Waals surface area contributed by atoms with E-state index in [9.17, 15) is 13.6 Å². The van der Waals surface area contributed by atoms with E-state index in [1.54, 1.807) is 0 Å². The van der Waals surface area contributed by atoms with E-state index in [1.807, 2.05) is 67.6 Å². The van der Waals surface area contributed by atoms with Crippen molar-refractivity contribution in [3.63, 3.8) is 0 Å². The molecule has 0 aliphatic carbocycles. The monoisotopic (exact) mass is 351 g/mol. The largest absolute Gasteiger partial charge is 0.349 e. The van der Waals surface area contributed by atoms with Gasteiger partial charge in [0.1, 0.15) is 0 Å². The van der Waals surface area contributed by atoms with Gasteiger partial charge in [-0.1, -0.05) is 66.7 Å². The molecule has 3 rings (SSSR count). The van der Waals surface area contributed by atoms with Crippen molar-refractivity contribution < 1.29 is 13.6 Å². The first kappa shape index (κ1) is 17.8. The van der Waals surface area contributed by atoms with Crippen molar-refractivity contribution in [2.45, 2.75) is 18.9 Å². The molecule has 0 saturated heterocycles. The van der Waals surface area contributed by atoms with Crippen LogP contribution in [0.25, 0.3) is 0 Å². The van der Waals surface area contributed by atoms with Gasteiger partial charge in [-0.2, -0.15) is 0 Å². The summed E-state index contributed by atoms with van der Waals surface area (Å²) in [4.78, 5) is 12.5. The summed E-state index contributed by atoms with van der Waals surface area (Å²) < 4.78 is 27.3. The van der Waals surface area contributed by atoms with Crippen molar-refractivity contribution in [2.24, 2.45) is 0 Å². The number of carbonyl (C=O) groups is 1. The van der Waals surface area contributed by atoms with Gasteiger partial charge in [0.15, 0.2) is 11.6 Å². The van der Waals surface area contributed by atoms with E-state index < -0.39 is 17.5 Å². The van der Waals surface area contributed by atoms with E-state index in [0.717, 1.165) is 17.2 Å². The fourth-order valence-electron chi connectivity index (χ4n) is 3.14. The van der Waals surface area contributed by atoms with Gasteiger partial charge in [-0.3, -0.25) is 4.79 Å². The summed E-state index contributed by atoms with van der Waals surface area (Å²) in [6, 6.07) is 22.8. The first-order valence-corrected chi connectivity index (χ1v) is 8.42. The summed E-state index contributed by atoms with van der Waals surface area (Å²) in [6.45, 7) is 1.86. The molecule has 0 heterocycles. The molecule has 3 aromatic carbocycles. The summed E-state index contributed by atoms with van der Waals surface area (Å²) in [7, 11) is 0. The molecule has 1 unspecified atom stereocenters. The predicted molar refractivity (Wildman–Crippen MR) is 98.0 cm³/mol. The number of nitrogens with one attached hydrogen (secondary N) is 1. The number of amides is 1. The van der Waals surface area contributed by atoms with Gasteiger partial charge >= 0.3 is 0 Å². The first-order valence-electron chi connectivity index (χ1n) is 8.42. The summed E-state index contributed by atoms with van der Waals surface area (Å²) in [6.07, 6.45) is 0. The summed E-state index contributed by atoms with van der Waals surface area (Å²) in [5.74, 6) is -2.91. The number of hydrogen-bond acceptors (Lipinski definition) is 1. The number of benzene rings is 3. The second-order valence-electron chi connectivity index (χ2n) is 6.16. The normalized spacial score (nSPS) is 12.0. The molecular weight excluding hydrogens is 332 g/mol. The average Bonchev–Trinajstić information content (AvgIpc) is 2.66. The molecule has 0 spiro atoms. The maximum Gasteiger partial charge on any atom is 0.254 e. The zero-order valence-electron chi connectivity index (χ0n) is 14.3. The third-order valence-corrected chi connectivity index (χ3v) is 4.37. The number of carbonyl (C=O) groups excluding carboxylic acids is 1. The fourth-order valence-corrected chi connectivity index (χ4v) is 3.14. The Kier molecular flexibility index (Phi) is 5.42. The number of halogens is 2. The zero-order valence-corrected chi connectivity index (χ0v) is 14.3. The Morgan fingerprint density at radius 3 is 1.88 bits per heavy atom. The molecule has 26 heavy (non-hydrogen) atoms. The predicted octanol–water partition coefficient (Wildman–Crippen LogP) is 4.92. The highest BCUT2D eigenvalue weighted by molar-refractivity contribution is 5.94. The van der Waals surface area contributed by atoms with Gasteiger partial charge in [-0.25, -0.2) is 8.78 Å². The lowest BCUT2D eigenvalue weighted by Gasteiger charge is -2.26. The summed E-state index contributed by atoms with van der Waals surface area (Å²) in [5, 5.41) is 2.82. The molecule has 132 valence electrons. The Hall–Kier alpha value is -3.01. The standard InChI is InChI=1S/C22H19F2NO/c1-15(25-22(26)18-13-8-14-19(23)21(18)24)20(16-9-4-2-5-10-16)17-11-6-3-7-12-17/h2-15,20H,1H3,(H,25,26). The van der Waals surface area contributed by atoms with Gasteiger partial charge in [-0.15, -0.1) is 0 Å². The van der Waals surface area contributed by atoms with Crippen LogP contribution in [0, 0.1) is 11.6 Å². The minimum absolute atomic E-state index is 0.113. The van der Waals surface area contributed by atoms with E-state index in [2.05, 4.69) is 5.32 Å². The summed E-state index contributed by atoms with van der Waals surface area (Å²) >= 11 is 0. The highest BCUT2D eigenvalue weighted by Crippen LogP contribution is 2.28. The lowest BCUT2D eigenvalue weighted by Crippen LogP contribution is -2.38. The molecule has 0 radical (unpaired) electrons. The van der Waals surface area contributed by atoms with Crippen molar-refractivity contribution in [1.82, 2.24) is 5.32 Å². The third-order valence-electron chi connectivity index (χ3n) is 4.37. The topological polar surface area (TPSA) is 29.1 Å². The molecule has 0 bridgehead atoms. The second-order valence-corrected chi connectivity index (χ2v) is 6.16. The SMILES string of the molecule is CC(NC(=O)c1cccc(F)c1F)C(c1ccccc1)c1ccccc1.